The van der Waals surface area contributed by atoms with Crippen molar-refractivity contribution in [2.45, 2.75) is 37.8 Å². The van der Waals surface area contributed by atoms with Crippen molar-refractivity contribution in [2.24, 2.45) is 0 Å². The van der Waals surface area contributed by atoms with Gasteiger partial charge < -0.3 is 16.0 Å². The summed E-state index contributed by atoms with van der Waals surface area (Å²) in [6.07, 6.45) is 0. The van der Waals surface area contributed by atoms with Gasteiger partial charge in [0, 0.05) is 17.8 Å². The number of hydrogen-bond acceptors (Lipinski definition) is 4. The largest absolute Gasteiger partial charge is 0.334 e. The van der Waals surface area contributed by atoms with Crippen molar-refractivity contribution in [1.29, 1.82) is 0 Å². The topological polar surface area (TPSA) is 116 Å². The van der Waals surface area contributed by atoms with Crippen LogP contribution in [0.3, 0.4) is 0 Å². The van der Waals surface area contributed by atoms with Crippen LogP contribution in [0.4, 0.5) is 10.5 Å². The minimum atomic E-state index is -3.72. The molecule has 0 unspecified atom stereocenters. The Hall–Kier alpha value is -2.91. The third kappa shape index (κ3) is 7.92. The van der Waals surface area contributed by atoms with Crippen LogP contribution in [0.25, 0.3) is 0 Å². The first-order valence-corrected chi connectivity index (χ1v) is 10.5. The van der Waals surface area contributed by atoms with Gasteiger partial charge in [0.1, 0.15) is 0 Å². The molecule has 0 saturated heterocycles. The summed E-state index contributed by atoms with van der Waals surface area (Å²) in [5, 5.41) is 7.68. The normalized spacial score (nSPS) is 11.6. The third-order valence-corrected chi connectivity index (χ3v) is 5.33. The Morgan fingerprint density at radius 2 is 1.62 bits per heavy atom. The number of benzene rings is 2. The minimum absolute atomic E-state index is 0.0405. The van der Waals surface area contributed by atoms with Crippen LogP contribution in [0, 0.1) is 0 Å². The van der Waals surface area contributed by atoms with Crippen molar-refractivity contribution < 1.29 is 18.0 Å². The zero-order valence-electron chi connectivity index (χ0n) is 16.7. The van der Waals surface area contributed by atoms with E-state index in [1.54, 1.807) is 26.8 Å². The first-order valence-electron chi connectivity index (χ1n) is 9.05. The SMILES string of the molecule is CC(C)(C)NS(=O)(=O)c1cccc(NC(=O)CNC(=O)NCc2ccccc2)c1. The van der Waals surface area contributed by atoms with Gasteiger partial charge in [-0.2, -0.15) is 0 Å². The first kappa shape index (κ1) is 22.4. The highest BCUT2D eigenvalue weighted by Gasteiger charge is 2.22. The van der Waals surface area contributed by atoms with E-state index in [2.05, 4.69) is 20.7 Å². The van der Waals surface area contributed by atoms with Crippen molar-refractivity contribution in [3.63, 3.8) is 0 Å². The number of anilines is 1. The molecule has 2 rings (SSSR count). The van der Waals surface area contributed by atoms with Gasteiger partial charge in [0.05, 0.1) is 11.4 Å². The van der Waals surface area contributed by atoms with E-state index in [1.165, 1.54) is 18.2 Å². The van der Waals surface area contributed by atoms with E-state index in [4.69, 9.17) is 0 Å². The van der Waals surface area contributed by atoms with Crippen LogP contribution in [0.1, 0.15) is 26.3 Å². The molecule has 0 aliphatic heterocycles. The fraction of sp³-hybridized carbons (Fsp3) is 0.300. The number of hydrogen-bond donors (Lipinski definition) is 4. The molecule has 3 amide bonds. The quantitative estimate of drug-likeness (QED) is 0.551. The van der Waals surface area contributed by atoms with E-state index in [9.17, 15) is 18.0 Å². The maximum Gasteiger partial charge on any atom is 0.315 e. The summed E-state index contributed by atoms with van der Waals surface area (Å²) in [5.41, 5.74) is 0.627. The molecule has 0 aliphatic carbocycles. The molecule has 0 heterocycles. The molecular weight excluding hydrogens is 392 g/mol. The van der Waals surface area contributed by atoms with E-state index in [0.717, 1.165) is 5.56 Å². The van der Waals surface area contributed by atoms with Crippen LogP contribution >= 0.6 is 0 Å². The zero-order valence-corrected chi connectivity index (χ0v) is 17.5. The Balaban J connectivity index is 1.87. The summed E-state index contributed by atoms with van der Waals surface area (Å²) in [7, 11) is -3.72. The van der Waals surface area contributed by atoms with Crippen LogP contribution in [-0.2, 0) is 21.4 Å². The van der Waals surface area contributed by atoms with Crippen LogP contribution in [0.5, 0.6) is 0 Å². The highest BCUT2D eigenvalue weighted by atomic mass is 32.2. The predicted octanol–water partition coefficient (Wildman–Crippen LogP) is 2.20. The molecule has 0 aromatic heterocycles. The molecule has 29 heavy (non-hydrogen) atoms. The Kier molecular flexibility index (Phi) is 7.35. The molecule has 0 fully saturated rings. The standard InChI is InChI=1S/C20H26N4O4S/c1-20(2,3)24-29(27,28)17-11-7-10-16(12-17)23-18(25)14-22-19(26)21-13-15-8-5-4-6-9-15/h4-12,24H,13-14H2,1-3H3,(H,23,25)(H2,21,22,26). The smallest absolute Gasteiger partial charge is 0.315 e. The molecule has 0 saturated carbocycles. The van der Waals surface area contributed by atoms with Crippen molar-refractivity contribution in [3.05, 3.63) is 60.2 Å². The maximum atomic E-state index is 12.4. The van der Waals surface area contributed by atoms with Gasteiger partial charge in [-0.3, -0.25) is 4.79 Å². The summed E-state index contributed by atoms with van der Waals surface area (Å²) in [5.74, 6) is -0.474. The minimum Gasteiger partial charge on any atom is -0.334 e. The molecular formula is C20H26N4O4S. The van der Waals surface area contributed by atoms with Gasteiger partial charge in [-0.1, -0.05) is 36.4 Å². The van der Waals surface area contributed by atoms with Gasteiger partial charge in [0.15, 0.2) is 0 Å². The van der Waals surface area contributed by atoms with Gasteiger partial charge >= 0.3 is 6.03 Å². The van der Waals surface area contributed by atoms with Gasteiger partial charge in [-0.15, -0.1) is 0 Å². The summed E-state index contributed by atoms with van der Waals surface area (Å²) in [6.45, 7) is 5.31. The molecule has 0 bridgehead atoms. The highest BCUT2D eigenvalue weighted by molar-refractivity contribution is 7.89. The lowest BCUT2D eigenvalue weighted by Gasteiger charge is -2.20. The fourth-order valence-corrected chi connectivity index (χ4v) is 3.87. The van der Waals surface area contributed by atoms with Crippen LogP contribution < -0.4 is 20.7 Å². The Bertz CT molecular complexity index is 954. The lowest BCUT2D eigenvalue weighted by Crippen LogP contribution is -2.40. The third-order valence-electron chi connectivity index (χ3n) is 3.57. The lowest BCUT2D eigenvalue weighted by molar-refractivity contribution is -0.115. The number of carbonyl (C=O) groups excluding carboxylic acids is 2. The lowest BCUT2D eigenvalue weighted by atomic mass is 10.1. The van der Waals surface area contributed by atoms with E-state index < -0.39 is 27.5 Å². The van der Waals surface area contributed by atoms with E-state index >= 15 is 0 Å². The molecule has 2 aromatic rings. The molecule has 4 N–H and O–H groups in total. The molecule has 9 heteroatoms. The molecule has 0 atom stereocenters. The predicted molar refractivity (Wildman–Crippen MR) is 112 cm³/mol. The highest BCUT2D eigenvalue weighted by Crippen LogP contribution is 2.17. The summed E-state index contributed by atoms with van der Waals surface area (Å²) < 4.78 is 27.4. The number of carbonyl (C=O) groups is 2. The second kappa shape index (κ2) is 9.53. The summed E-state index contributed by atoms with van der Waals surface area (Å²) >= 11 is 0. The molecule has 0 spiro atoms. The zero-order chi connectivity index (χ0) is 21.5. The van der Waals surface area contributed by atoms with E-state index in [-0.39, 0.29) is 11.4 Å². The van der Waals surface area contributed by atoms with Gasteiger partial charge in [-0.25, -0.2) is 17.9 Å². The Morgan fingerprint density at radius 3 is 2.28 bits per heavy atom. The van der Waals surface area contributed by atoms with E-state index in [0.29, 0.717) is 12.2 Å². The van der Waals surface area contributed by atoms with Gasteiger partial charge in [0.25, 0.3) is 0 Å². The molecule has 2 aromatic carbocycles. The van der Waals surface area contributed by atoms with Crippen LogP contribution in [-0.4, -0.2) is 32.4 Å². The Labute approximate surface area is 171 Å². The second-order valence-electron chi connectivity index (χ2n) is 7.45. The molecule has 0 aliphatic rings. The molecule has 156 valence electrons. The average Bonchev–Trinajstić information content (AvgIpc) is 2.64. The number of amides is 3. The Morgan fingerprint density at radius 1 is 0.931 bits per heavy atom. The average molecular weight is 419 g/mol. The maximum absolute atomic E-state index is 12.4. The van der Waals surface area contributed by atoms with Crippen molar-refractivity contribution in [3.8, 4) is 0 Å². The molecule has 0 radical (unpaired) electrons. The number of nitrogens with one attached hydrogen (secondary N) is 4. The van der Waals surface area contributed by atoms with Crippen LogP contribution in [0.15, 0.2) is 59.5 Å². The monoisotopic (exact) mass is 418 g/mol. The van der Waals surface area contributed by atoms with E-state index in [1.807, 2.05) is 30.3 Å². The number of rotatable bonds is 7. The first-order chi connectivity index (χ1) is 13.5. The van der Waals surface area contributed by atoms with Crippen molar-refractivity contribution in [1.82, 2.24) is 15.4 Å². The van der Waals surface area contributed by atoms with Gasteiger partial charge in [0.2, 0.25) is 15.9 Å². The summed E-state index contributed by atoms with van der Waals surface area (Å²) in [4.78, 5) is 23.9. The fourth-order valence-electron chi connectivity index (χ4n) is 2.41. The van der Waals surface area contributed by atoms with Crippen LogP contribution in [0.2, 0.25) is 0 Å². The van der Waals surface area contributed by atoms with Crippen molar-refractivity contribution in [2.75, 3.05) is 11.9 Å². The van der Waals surface area contributed by atoms with Crippen molar-refractivity contribution >= 4 is 27.6 Å². The summed E-state index contributed by atoms with van der Waals surface area (Å²) in [6, 6.07) is 14.8. The number of sulfonamides is 1. The second-order valence-corrected chi connectivity index (χ2v) is 9.14. The van der Waals surface area contributed by atoms with Gasteiger partial charge in [-0.05, 0) is 44.5 Å². The number of urea groups is 1. The molecule has 8 nitrogen and oxygen atoms in total.